The highest BCUT2D eigenvalue weighted by atomic mass is 16.5. The zero-order valence-corrected chi connectivity index (χ0v) is 11.1. The molecule has 0 saturated heterocycles. The molecule has 0 aliphatic heterocycles. The normalized spacial score (nSPS) is 25.6. The van der Waals surface area contributed by atoms with Crippen molar-refractivity contribution < 1.29 is 9.53 Å². The molecule has 4 heteroatoms. The first-order valence-corrected chi connectivity index (χ1v) is 6.09. The largest absolute Gasteiger partial charge is 0.379 e. The van der Waals surface area contributed by atoms with E-state index in [9.17, 15) is 4.79 Å². The van der Waals surface area contributed by atoms with Gasteiger partial charge in [0.15, 0.2) is 0 Å². The molecule has 1 aromatic carbocycles. The number of fused-ring (bicyclic) bond motifs is 1. The van der Waals surface area contributed by atoms with E-state index in [-0.39, 0.29) is 17.6 Å². The molecule has 0 aromatic heterocycles. The Morgan fingerprint density at radius 1 is 1.44 bits per heavy atom. The summed E-state index contributed by atoms with van der Waals surface area (Å²) in [6.07, 6.45) is 0.780. The van der Waals surface area contributed by atoms with Crippen LogP contribution in [0.2, 0.25) is 0 Å². The van der Waals surface area contributed by atoms with Crippen LogP contribution in [-0.4, -0.2) is 25.2 Å². The van der Waals surface area contributed by atoms with E-state index >= 15 is 0 Å². The van der Waals surface area contributed by atoms with Crippen molar-refractivity contribution in [1.29, 1.82) is 0 Å². The summed E-state index contributed by atoms with van der Waals surface area (Å²) >= 11 is 0. The summed E-state index contributed by atoms with van der Waals surface area (Å²) in [4.78, 5) is 11.3. The molecule has 0 heterocycles. The molecule has 1 amide bonds. The summed E-state index contributed by atoms with van der Waals surface area (Å²) in [6, 6.07) is 5.48. The summed E-state index contributed by atoms with van der Waals surface area (Å²) in [6.45, 7) is 4.15. The van der Waals surface area contributed by atoms with E-state index in [0.29, 0.717) is 5.56 Å². The maximum atomic E-state index is 11.3. The standard InChI is InChI=1S/C14H20N2O2/c1-14(2)10-6-9(13(16)17)5-4-8(10)7-11(18-3)12(14)15/h4-6,11-12H,7,15H2,1-3H3,(H2,16,17)/t11-,12+/m0/s1. The molecular formula is C14H20N2O2. The van der Waals surface area contributed by atoms with Gasteiger partial charge in [0, 0.05) is 30.6 Å². The lowest BCUT2D eigenvalue weighted by atomic mass is 9.68. The molecule has 98 valence electrons. The van der Waals surface area contributed by atoms with Crippen LogP contribution < -0.4 is 11.5 Å². The second-order valence-electron chi connectivity index (χ2n) is 5.46. The molecule has 4 nitrogen and oxygen atoms in total. The third-order valence-corrected chi connectivity index (χ3v) is 4.05. The number of primary amides is 1. The lowest BCUT2D eigenvalue weighted by molar-refractivity contribution is 0.0506. The second-order valence-corrected chi connectivity index (χ2v) is 5.46. The predicted octanol–water partition coefficient (Wildman–Crippen LogP) is 0.962. The van der Waals surface area contributed by atoms with E-state index in [1.807, 2.05) is 12.1 Å². The Morgan fingerprint density at radius 3 is 2.67 bits per heavy atom. The van der Waals surface area contributed by atoms with Gasteiger partial charge >= 0.3 is 0 Å². The molecular weight excluding hydrogens is 228 g/mol. The topological polar surface area (TPSA) is 78.3 Å². The smallest absolute Gasteiger partial charge is 0.248 e. The minimum Gasteiger partial charge on any atom is -0.379 e. The molecule has 0 fully saturated rings. The first-order valence-electron chi connectivity index (χ1n) is 6.09. The van der Waals surface area contributed by atoms with Crippen molar-refractivity contribution in [3.63, 3.8) is 0 Å². The molecule has 0 saturated carbocycles. The minimum atomic E-state index is -0.406. The Labute approximate surface area is 107 Å². The van der Waals surface area contributed by atoms with Crippen LogP contribution in [0.4, 0.5) is 0 Å². The van der Waals surface area contributed by atoms with Crippen molar-refractivity contribution in [2.75, 3.05) is 7.11 Å². The van der Waals surface area contributed by atoms with E-state index in [1.54, 1.807) is 13.2 Å². The van der Waals surface area contributed by atoms with Crippen molar-refractivity contribution in [2.45, 2.75) is 37.8 Å². The fourth-order valence-electron chi connectivity index (χ4n) is 2.73. The zero-order valence-electron chi connectivity index (χ0n) is 11.1. The second kappa shape index (κ2) is 4.37. The van der Waals surface area contributed by atoms with Crippen LogP contribution in [0.15, 0.2) is 18.2 Å². The Hall–Kier alpha value is -1.39. The lowest BCUT2D eigenvalue weighted by Gasteiger charge is -2.42. The maximum absolute atomic E-state index is 11.3. The molecule has 2 rings (SSSR count). The molecule has 0 radical (unpaired) electrons. The highest BCUT2D eigenvalue weighted by molar-refractivity contribution is 5.93. The first-order chi connectivity index (χ1) is 8.37. The number of carbonyl (C=O) groups excluding carboxylic acids is 1. The van der Waals surface area contributed by atoms with E-state index in [0.717, 1.165) is 12.0 Å². The minimum absolute atomic E-state index is 0.00641. The highest BCUT2D eigenvalue weighted by Gasteiger charge is 2.40. The van der Waals surface area contributed by atoms with Gasteiger partial charge in [-0.05, 0) is 23.3 Å². The monoisotopic (exact) mass is 248 g/mol. The number of methoxy groups -OCH3 is 1. The third-order valence-electron chi connectivity index (χ3n) is 4.05. The molecule has 4 N–H and O–H groups in total. The van der Waals surface area contributed by atoms with Crippen LogP contribution in [0, 0.1) is 0 Å². The van der Waals surface area contributed by atoms with Crippen LogP contribution in [-0.2, 0) is 16.6 Å². The number of hydrogen-bond donors (Lipinski definition) is 2. The molecule has 1 aliphatic carbocycles. The van der Waals surface area contributed by atoms with Crippen molar-refractivity contribution in [3.05, 3.63) is 34.9 Å². The molecule has 0 bridgehead atoms. The van der Waals surface area contributed by atoms with Crippen LogP contribution in [0.5, 0.6) is 0 Å². The molecule has 18 heavy (non-hydrogen) atoms. The zero-order chi connectivity index (χ0) is 13.5. The van der Waals surface area contributed by atoms with Crippen molar-refractivity contribution >= 4 is 5.91 Å². The number of hydrogen-bond acceptors (Lipinski definition) is 3. The molecule has 2 atom stereocenters. The number of nitrogens with two attached hydrogens (primary N) is 2. The SMILES string of the molecule is CO[C@H]1Cc2ccc(C(N)=O)cc2C(C)(C)[C@@H]1N. The highest BCUT2D eigenvalue weighted by Crippen LogP contribution is 2.37. The Balaban J connectivity index is 2.53. The average molecular weight is 248 g/mol. The lowest BCUT2D eigenvalue weighted by Crippen LogP contribution is -2.54. The third kappa shape index (κ3) is 1.91. The van der Waals surface area contributed by atoms with E-state index in [4.69, 9.17) is 16.2 Å². The summed E-state index contributed by atoms with van der Waals surface area (Å²) in [5.74, 6) is -0.406. The molecule has 0 unspecified atom stereocenters. The van der Waals surface area contributed by atoms with Gasteiger partial charge in [-0.2, -0.15) is 0 Å². The van der Waals surface area contributed by atoms with Gasteiger partial charge in [-0.1, -0.05) is 19.9 Å². The number of rotatable bonds is 2. The summed E-state index contributed by atoms with van der Waals surface area (Å²) < 4.78 is 5.46. The van der Waals surface area contributed by atoms with Crippen LogP contribution in [0.1, 0.15) is 35.3 Å². The van der Waals surface area contributed by atoms with Gasteiger partial charge in [-0.3, -0.25) is 4.79 Å². The summed E-state index contributed by atoms with van der Waals surface area (Å²) in [7, 11) is 1.68. The Kier molecular flexibility index (Phi) is 3.17. The van der Waals surface area contributed by atoms with Crippen molar-refractivity contribution in [2.24, 2.45) is 11.5 Å². The van der Waals surface area contributed by atoms with Gasteiger partial charge in [0.1, 0.15) is 0 Å². The van der Waals surface area contributed by atoms with Gasteiger partial charge in [0.05, 0.1) is 6.10 Å². The van der Waals surface area contributed by atoms with E-state index in [2.05, 4.69) is 13.8 Å². The van der Waals surface area contributed by atoms with Crippen LogP contribution in [0.25, 0.3) is 0 Å². The van der Waals surface area contributed by atoms with Crippen LogP contribution >= 0.6 is 0 Å². The Bertz CT molecular complexity index is 483. The quantitative estimate of drug-likeness (QED) is 0.818. The van der Waals surface area contributed by atoms with E-state index in [1.165, 1.54) is 5.56 Å². The van der Waals surface area contributed by atoms with Gasteiger partial charge in [0.25, 0.3) is 0 Å². The number of benzene rings is 1. The Morgan fingerprint density at radius 2 is 2.11 bits per heavy atom. The number of carbonyl (C=O) groups is 1. The van der Waals surface area contributed by atoms with Crippen molar-refractivity contribution in [3.8, 4) is 0 Å². The van der Waals surface area contributed by atoms with Gasteiger partial charge < -0.3 is 16.2 Å². The first kappa shape index (κ1) is 13.1. The van der Waals surface area contributed by atoms with Crippen molar-refractivity contribution in [1.82, 2.24) is 0 Å². The maximum Gasteiger partial charge on any atom is 0.248 e. The van der Waals surface area contributed by atoms with Gasteiger partial charge in [-0.25, -0.2) is 0 Å². The molecule has 0 spiro atoms. The van der Waals surface area contributed by atoms with Crippen LogP contribution in [0.3, 0.4) is 0 Å². The molecule has 1 aliphatic rings. The molecule has 1 aromatic rings. The average Bonchev–Trinajstić information content (AvgIpc) is 2.33. The van der Waals surface area contributed by atoms with E-state index < -0.39 is 5.91 Å². The summed E-state index contributed by atoms with van der Waals surface area (Å²) in [5, 5.41) is 0. The fourth-order valence-corrected chi connectivity index (χ4v) is 2.73. The van der Waals surface area contributed by atoms with Gasteiger partial charge in [-0.15, -0.1) is 0 Å². The number of ether oxygens (including phenoxy) is 1. The number of amides is 1. The fraction of sp³-hybridized carbons (Fsp3) is 0.500. The van der Waals surface area contributed by atoms with Gasteiger partial charge in [0.2, 0.25) is 5.91 Å². The predicted molar refractivity (Wildman–Crippen MR) is 70.5 cm³/mol. The summed E-state index contributed by atoms with van der Waals surface area (Å²) in [5.41, 5.74) is 14.2.